The first kappa shape index (κ1) is 15.2. The molecule has 1 aromatic carbocycles. The Bertz CT molecular complexity index is 444. The summed E-state index contributed by atoms with van der Waals surface area (Å²) >= 11 is 0. The molecule has 3 nitrogen and oxygen atoms in total. The van der Waals surface area contributed by atoms with E-state index in [2.05, 4.69) is 13.2 Å². The molecule has 0 bridgehead atoms. The summed E-state index contributed by atoms with van der Waals surface area (Å²) in [7, 11) is 0. The summed E-state index contributed by atoms with van der Waals surface area (Å²) < 4.78 is 10.8. The van der Waals surface area contributed by atoms with Crippen molar-refractivity contribution in [2.75, 3.05) is 13.2 Å². The van der Waals surface area contributed by atoms with E-state index in [1.807, 2.05) is 0 Å². The minimum absolute atomic E-state index is 0.0652. The molecule has 0 unspecified atom stereocenters. The number of Topliss-reactive ketones (excluding diaryl/α,β-unsaturated/α-hetero) is 1. The van der Waals surface area contributed by atoms with Crippen LogP contribution in [-0.4, -0.2) is 24.6 Å². The van der Waals surface area contributed by atoms with Crippen molar-refractivity contribution >= 4 is 5.78 Å². The van der Waals surface area contributed by atoms with Crippen LogP contribution in [0.4, 0.5) is 0 Å². The lowest BCUT2D eigenvalue weighted by molar-refractivity contribution is 0.00787. The van der Waals surface area contributed by atoms with Crippen molar-refractivity contribution in [3.63, 3.8) is 0 Å². The Morgan fingerprint density at radius 3 is 2.26 bits per heavy atom. The third-order valence-corrected chi connectivity index (χ3v) is 2.59. The lowest BCUT2D eigenvalue weighted by Crippen LogP contribution is -2.35. The molecular formula is C16H20O3. The Morgan fingerprint density at radius 1 is 1.16 bits per heavy atom. The Morgan fingerprint density at radius 2 is 1.74 bits per heavy atom. The SMILES string of the molecule is C=CCOc1ccc(C(=O)C(C)(C)OCC=C)cc1. The second-order valence-corrected chi connectivity index (χ2v) is 4.56. The van der Waals surface area contributed by atoms with Gasteiger partial charge < -0.3 is 9.47 Å². The minimum atomic E-state index is -0.863. The Labute approximate surface area is 114 Å². The predicted molar refractivity (Wildman–Crippen MR) is 76.7 cm³/mol. The number of carbonyl (C=O) groups excluding carboxylic acids is 1. The molecule has 0 saturated heterocycles. The summed E-state index contributed by atoms with van der Waals surface area (Å²) in [5.74, 6) is 0.644. The van der Waals surface area contributed by atoms with Crippen molar-refractivity contribution in [1.29, 1.82) is 0 Å². The molecule has 0 spiro atoms. The number of ketones is 1. The van der Waals surface area contributed by atoms with Gasteiger partial charge in [0.05, 0.1) is 6.61 Å². The van der Waals surface area contributed by atoms with Crippen LogP contribution in [0.25, 0.3) is 0 Å². The van der Waals surface area contributed by atoms with Gasteiger partial charge in [0.25, 0.3) is 0 Å². The van der Waals surface area contributed by atoms with Crippen LogP contribution in [0.1, 0.15) is 24.2 Å². The van der Waals surface area contributed by atoms with E-state index in [-0.39, 0.29) is 5.78 Å². The van der Waals surface area contributed by atoms with Gasteiger partial charge in [-0.25, -0.2) is 0 Å². The molecule has 1 aromatic rings. The van der Waals surface area contributed by atoms with E-state index in [1.54, 1.807) is 50.3 Å². The van der Waals surface area contributed by atoms with Crippen LogP contribution in [0, 0.1) is 0 Å². The number of carbonyl (C=O) groups is 1. The average Bonchev–Trinajstić information content (AvgIpc) is 2.42. The maximum absolute atomic E-state index is 12.3. The van der Waals surface area contributed by atoms with E-state index in [4.69, 9.17) is 9.47 Å². The molecule has 0 aliphatic rings. The molecule has 0 aliphatic heterocycles. The molecular weight excluding hydrogens is 240 g/mol. The minimum Gasteiger partial charge on any atom is -0.490 e. The van der Waals surface area contributed by atoms with Crippen LogP contribution in [0.2, 0.25) is 0 Å². The van der Waals surface area contributed by atoms with E-state index in [1.165, 1.54) is 0 Å². The highest BCUT2D eigenvalue weighted by atomic mass is 16.5. The smallest absolute Gasteiger partial charge is 0.194 e. The molecule has 0 radical (unpaired) electrons. The topological polar surface area (TPSA) is 35.5 Å². The van der Waals surface area contributed by atoms with Gasteiger partial charge >= 0.3 is 0 Å². The van der Waals surface area contributed by atoms with E-state index in [0.717, 1.165) is 0 Å². The first-order valence-electron chi connectivity index (χ1n) is 6.14. The zero-order chi connectivity index (χ0) is 14.3. The molecule has 0 saturated carbocycles. The third kappa shape index (κ3) is 4.38. The zero-order valence-electron chi connectivity index (χ0n) is 11.5. The fraction of sp³-hybridized carbons (Fsp3) is 0.312. The predicted octanol–water partition coefficient (Wildman–Crippen LogP) is 3.42. The van der Waals surface area contributed by atoms with Crippen LogP contribution in [0.15, 0.2) is 49.6 Å². The largest absolute Gasteiger partial charge is 0.490 e. The van der Waals surface area contributed by atoms with Gasteiger partial charge in [-0.15, -0.1) is 6.58 Å². The van der Waals surface area contributed by atoms with Gasteiger partial charge in [-0.2, -0.15) is 0 Å². The summed E-state index contributed by atoms with van der Waals surface area (Å²) in [6.45, 7) is 11.4. The van der Waals surface area contributed by atoms with Gasteiger partial charge in [-0.05, 0) is 38.1 Å². The van der Waals surface area contributed by atoms with Gasteiger partial charge in [0.2, 0.25) is 0 Å². The van der Waals surface area contributed by atoms with Crippen molar-refractivity contribution < 1.29 is 14.3 Å². The van der Waals surface area contributed by atoms with Crippen molar-refractivity contribution in [2.45, 2.75) is 19.4 Å². The second kappa shape index (κ2) is 6.90. The van der Waals surface area contributed by atoms with Crippen molar-refractivity contribution in [2.24, 2.45) is 0 Å². The van der Waals surface area contributed by atoms with E-state index in [9.17, 15) is 4.79 Å². The first-order chi connectivity index (χ1) is 9.01. The molecule has 3 heteroatoms. The summed E-state index contributed by atoms with van der Waals surface area (Å²) in [4.78, 5) is 12.3. The average molecular weight is 260 g/mol. The van der Waals surface area contributed by atoms with Crippen LogP contribution in [-0.2, 0) is 4.74 Å². The number of rotatable bonds is 8. The summed E-state index contributed by atoms with van der Waals surface area (Å²) in [5, 5.41) is 0. The number of benzene rings is 1. The Balaban J connectivity index is 2.76. The molecule has 0 aromatic heterocycles. The summed E-state index contributed by atoms with van der Waals surface area (Å²) in [6, 6.07) is 7.00. The fourth-order valence-corrected chi connectivity index (χ4v) is 1.54. The first-order valence-corrected chi connectivity index (χ1v) is 6.14. The maximum atomic E-state index is 12.3. The zero-order valence-corrected chi connectivity index (χ0v) is 11.5. The molecule has 1 rings (SSSR count). The molecule has 19 heavy (non-hydrogen) atoms. The van der Waals surface area contributed by atoms with Gasteiger partial charge in [0, 0.05) is 5.56 Å². The van der Waals surface area contributed by atoms with Crippen molar-refractivity contribution in [3.8, 4) is 5.75 Å². The number of hydrogen-bond donors (Lipinski definition) is 0. The fourth-order valence-electron chi connectivity index (χ4n) is 1.54. The summed E-state index contributed by atoms with van der Waals surface area (Å²) in [6.07, 6.45) is 3.30. The number of hydrogen-bond acceptors (Lipinski definition) is 3. The molecule has 0 heterocycles. The standard InChI is InChI=1S/C16H20O3/c1-5-11-18-14-9-7-13(8-10-14)15(17)16(3,4)19-12-6-2/h5-10H,1-2,11-12H2,3-4H3. The van der Waals surface area contributed by atoms with Gasteiger partial charge in [0.15, 0.2) is 5.78 Å². The number of ether oxygens (including phenoxy) is 2. The van der Waals surface area contributed by atoms with Crippen LogP contribution in [0.3, 0.4) is 0 Å². The highest BCUT2D eigenvalue weighted by molar-refractivity contribution is 6.02. The van der Waals surface area contributed by atoms with Crippen molar-refractivity contribution in [1.82, 2.24) is 0 Å². The monoisotopic (exact) mass is 260 g/mol. The van der Waals surface area contributed by atoms with E-state index >= 15 is 0 Å². The highest BCUT2D eigenvalue weighted by Gasteiger charge is 2.29. The maximum Gasteiger partial charge on any atom is 0.194 e. The van der Waals surface area contributed by atoms with Crippen LogP contribution < -0.4 is 4.74 Å². The lowest BCUT2D eigenvalue weighted by Gasteiger charge is -2.23. The molecule has 0 amide bonds. The molecule has 0 atom stereocenters. The van der Waals surface area contributed by atoms with Crippen LogP contribution in [0.5, 0.6) is 5.75 Å². The third-order valence-electron chi connectivity index (χ3n) is 2.59. The van der Waals surface area contributed by atoms with E-state index < -0.39 is 5.60 Å². The summed E-state index contributed by atoms with van der Waals surface area (Å²) in [5.41, 5.74) is -0.266. The van der Waals surface area contributed by atoms with E-state index in [0.29, 0.717) is 24.5 Å². The molecule has 0 aliphatic carbocycles. The normalized spacial score (nSPS) is 10.8. The lowest BCUT2D eigenvalue weighted by atomic mass is 9.96. The molecule has 0 fully saturated rings. The van der Waals surface area contributed by atoms with Gasteiger partial charge in [-0.1, -0.05) is 18.7 Å². The Hall–Kier alpha value is -1.87. The molecule has 0 N–H and O–H groups in total. The Kier molecular flexibility index (Phi) is 5.52. The van der Waals surface area contributed by atoms with Gasteiger partial charge in [-0.3, -0.25) is 4.79 Å². The van der Waals surface area contributed by atoms with Gasteiger partial charge in [0.1, 0.15) is 18.0 Å². The second-order valence-electron chi connectivity index (χ2n) is 4.56. The quantitative estimate of drug-likeness (QED) is 0.530. The highest BCUT2D eigenvalue weighted by Crippen LogP contribution is 2.20. The van der Waals surface area contributed by atoms with Crippen molar-refractivity contribution in [3.05, 3.63) is 55.1 Å². The van der Waals surface area contributed by atoms with Crippen LogP contribution >= 0.6 is 0 Å². The molecule has 102 valence electrons.